The molecule has 0 saturated carbocycles. The zero-order chi connectivity index (χ0) is 10.4. The molecule has 0 heterocycles. The molecule has 15 heavy (non-hydrogen) atoms. The van der Waals surface area contributed by atoms with Crippen LogP contribution in [-0.4, -0.2) is 0 Å². The van der Waals surface area contributed by atoms with Crippen molar-refractivity contribution in [3.63, 3.8) is 0 Å². The van der Waals surface area contributed by atoms with Crippen molar-refractivity contribution in [1.82, 2.24) is 0 Å². The molecular weight excluding hydrogens is 269 g/mol. The van der Waals surface area contributed by atoms with E-state index in [2.05, 4.69) is 63.2 Å². The third-order valence-electron chi connectivity index (χ3n) is 2.20. The van der Waals surface area contributed by atoms with Crippen LogP contribution in [0.5, 0.6) is 0 Å². The molecule has 1 heteroatoms. The summed E-state index contributed by atoms with van der Waals surface area (Å²) in [6.07, 6.45) is 1.16. The first-order valence-electron chi connectivity index (χ1n) is 5.13. The van der Waals surface area contributed by atoms with Crippen molar-refractivity contribution in [2.75, 3.05) is 0 Å². The maximum atomic E-state index is 2.17. The molecule has 88 valence electrons. The summed E-state index contributed by atoms with van der Waals surface area (Å²) in [5, 5.41) is 0. The van der Waals surface area contributed by atoms with Gasteiger partial charge in [0, 0.05) is 19.5 Å². The van der Waals surface area contributed by atoms with Gasteiger partial charge in [-0.05, 0) is 0 Å². The topological polar surface area (TPSA) is 0 Å². The van der Waals surface area contributed by atoms with Gasteiger partial charge in [-0.2, -0.15) is 17.7 Å². The summed E-state index contributed by atoms with van der Waals surface area (Å²) in [7, 11) is 0. The molecule has 0 aliphatic rings. The van der Waals surface area contributed by atoms with Gasteiger partial charge in [-0.1, -0.05) is 13.3 Å². The van der Waals surface area contributed by atoms with Crippen LogP contribution in [0.4, 0.5) is 0 Å². The normalized spacial score (nSPS) is 8.73. The Balaban J connectivity index is 0.000000245. The van der Waals surface area contributed by atoms with Crippen LogP contribution in [0, 0.1) is 13.8 Å². The number of hydrogen-bond donors (Lipinski definition) is 0. The second-order valence-corrected chi connectivity index (χ2v) is 3.61. The summed E-state index contributed by atoms with van der Waals surface area (Å²) in [5.74, 6) is 0. The Labute approximate surface area is 106 Å². The van der Waals surface area contributed by atoms with Gasteiger partial charge >= 0.3 is 0 Å². The van der Waals surface area contributed by atoms with E-state index in [0.29, 0.717) is 0 Å². The van der Waals surface area contributed by atoms with Crippen LogP contribution in [0.3, 0.4) is 0 Å². The molecule has 0 saturated heterocycles. The van der Waals surface area contributed by atoms with Gasteiger partial charge < -0.3 is 29.3 Å². The van der Waals surface area contributed by atoms with Crippen LogP contribution in [-0.2, 0) is 25.9 Å². The average Bonchev–Trinajstić information content (AvgIpc) is 2.78. The van der Waals surface area contributed by atoms with E-state index < -0.39 is 0 Å². The third-order valence-corrected chi connectivity index (χ3v) is 2.20. The summed E-state index contributed by atoms with van der Waals surface area (Å²) in [6.45, 7) is 6.37. The second kappa shape index (κ2) is 7.59. The largest absolute Gasteiger partial charge is 0.745 e. The summed E-state index contributed by atoms with van der Waals surface area (Å²) >= 11 is 0. The van der Waals surface area contributed by atoms with Gasteiger partial charge in [0.2, 0.25) is 0 Å². The fraction of sp³-hybridized carbons (Fsp3) is 0.286. The first-order valence-corrected chi connectivity index (χ1v) is 5.13. The fourth-order valence-electron chi connectivity index (χ4n) is 1.37. The molecule has 0 atom stereocenters. The van der Waals surface area contributed by atoms with Gasteiger partial charge in [0.25, 0.3) is 0 Å². The molecule has 0 nitrogen and oxygen atoms in total. The van der Waals surface area contributed by atoms with Crippen LogP contribution in [0.25, 0.3) is 0 Å². The van der Waals surface area contributed by atoms with Crippen LogP contribution >= 0.6 is 0 Å². The van der Waals surface area contributed by atoms with Gasteiger partial charge in [0.1, 0.15) is 0 Å². The monoisotopic (exact) mass is 288 g/mol. The van der Waals surface area contributed by atoms with Crippen LogP contribution in [0.15, 0.2) is 42.5 Å². The summed E-state index contributed by atoms with van der Waals surface area (Å²) < 4.78 is 0. The first kappa shape index (κ1) is 14.3. The zero-order valence-corrected chi connectivity index (χ0v) is 11.3. The standard InChI is InChI=1S/2C7H9.Ru/c1-6-3-4-7(2)5-6;1-2-7-5-3-4-6-7;/h3-5H,1-2H3;3-6H,2H2,1H3;/q-5;-1;. The van der Waals surface area contributed by atoms with Gasteiger partial charge in [-0.25, -0.2) is 26.0 Å². The Hall–Kier alpha value is -0.677. The Bertz CT molecular complexity index is 325. The molecule has 2 rings (SSSR count). The van der Waals surface area contributed by atoms with Crippen molar-refractivity contribution in [2.24, 2.45) is 0 Å². The van der Waals surface area contributed by atoms with Crippen molar-refractivity contribution in [1.29, 1.82) is 0 Å². The van der Waals surface area contributed by atoms with Crippen molar-refractivity contribution in [3.8, 4) is 0 Å². The fourth-order valence-corrected chi connectivity index (χ4v) is 1.37. The minimum absolute atomic E-state index is 0. The van der Waals surface area contributed by atoms with Gasteiger partial charge in [0.15, 0.2) is 0 Å². The minimum atomic E-state index is 0. The van der Waals surface area contributed by atoms with E-state index >= 15 is 0 Å². The Kier molecular flexibility index (Phi) is 7.25. The predicted molar refractivity (Wildman–Crippen MR) is 62.9 cm³/mol. The van der Waals surface area contributed by atoms with E-state index in [1.807, 2.05) is 0 Å². The molecule has 0 radical (unpaired) electrons. The molecule has 2 aromatic rings. The quantitative estimate of drug-likeness (QED) is 0.549. The SMILES string of the molecule is CC[c-]1cccc1.C[c-]1[cH-][cH-][c-](C)[cH-]1.[Ru]. The maximum Gasteiger partial charge on any atom is 0 e. The smallest absolute Gasteiger partial charge is 0 e. The molecule has 0 fully saturated rings. The van der Waals surface area contributed by atoms with Gasteiger partial charge in [-0.3, -0.25) is 0 Å². The second-order valence-electron chi connectivity index (χ2n) is 3.61. The van der Waals surface area contributed by atoms with E-state index in [4.69, 9.17) is 0 Å². The van der Waals surface area contributed by atoms with E-state index in [1.54, 1.807) is 0 Å². The molecule has 0 unspecified atom stereocenters. The molecule has 2 aromatic carbocycles. The minimum Gasteiger partial charge on any atom is -0.745 e. The number of hydrogen-bond acceptors (Lipinski definition) is 0. The van der Waals surface area contributed by atoms with Crippen LogP contribution < -0.4 is 0 Å². The summed E-state index contributed by atoms with van der Waals surface area (Å²) in [5.41, 5.74) is 4.15. The van der Waals surface area contributed by atoms with E-state index in [9.17, 15) is 0 Å². The van der Waals surface area contributed by atoms with Crippen LogP contribution in [0.1, 0.15) is 23.6 Å². The Morgan fingerprint density at radius 1 is 1.00 bits per heavy atom. The summed E-state index contributed by atoms with van der Waals surface area (Å²) in [6, 6.07) is 14.8. The van der Waals surface area contributed by atoms with Crippen molar-refractivity contribution < 1.29 is 19.5 Å². The molecule has 0 aliphatic heterocycles. The number of rotatable bonds is 1. The van der Waals surface area contributed by atoms with Crippen molar-refractivity contribution >= 4 is 0 Å². The third kappa shape index (κ3) is 5.69. The Morgan fingerprint density at radius 2 is 1.47 bits per heavy atom. The summed E-state index contributed by atoms with van der Waals surface area (Å²) in [4.78, 5) is 0. The molecule has 0 aliphatic carbocycles. The van der Waals surface area contributed by atoms with E-state index in [0.717, 1.165) is 6.42 Å². The molecule has 0 aromatic heterocycles. The predicted octanol–water partition coefficient (Wildman–Crippen LogP) is 3.99. The first-order chi connectivity index (χ1) is 6.72. The molecule has 0 amide bonds. The molecule has 0 bridgehead atoms. The molecule has 0 N–H and O–H groups in total. The van der Waals surface area contributed by atoms with E-state index in [-0.39, 0.29) is 19.5 Å². The van der Waals surface area contributed by atoms with Crippen molar-refractivity contribution in [2.45, 2.75) is 27.2 Å². The average molecular weight is 287 g/mol. The van der Waals surface area contributed by atoms with Crippen molar-refractivity contribution in [3.05, 3.63) is 59.2 Å². The van der Waals surface area contributed by atoms with Gasteiger partial charge in [0.05, 0.1) is 0 Å². The molecule has 0 spiro atoms. The molecular formula is C14H18Ru-6. The van der Waals surface area contributed by atoms with Gasteiger partial charge in [-0.15, -0.1) is 0 Å². The maximum absolute atomic E-state index is 2.17. The number of aryl methyl sites for hydroxylation is 3. The Morgan fingerprint density at radius 3 is 1.67 bits per heavy atom. The van der Waals surface area contributed by atoms with E-state index in [1.165, 1.54) is 16.7 Å². The zero-order valence-electron chi connectivity index (χ0n) is 9.60. The van der Waals surface area contributed by atoms with Crippen LogP contribution in [0.2, 0.25) is 0 Å².